The molecule has 3 aromatic carbocycles. The van der Waals surface area contributed by atoms with Crippen LogP contribution in [0.4, 0.5) is 0 Å². The van der Waals surface area contributed by atoms with E-state index in [2.05, 4.69) is 16.4 Å². The highest BCUT2D eigenvalue weighted by Crippen LogP contribution is 2.28. The zero-order valence-corrected chi connectivity index (χ0v) is 14.9. The van der Waals surface area contributed by atoms with Gasteiger partial charge in [0.1, 0.15) is 17.9 Å². The van der Waals surface area contributed by atoms with Gasteiger partial charge in [0.2, 0.25) is 0 Å². The Kier molecular flexibility index (Phi) is 4.77. The van der Waals surface area contributed by atoms with Crippen LogP contribution in [0.2, 0.25) is 0 Å². The summed E-state index contributed by atoms with van der Waals surface area (Å²) in [7, 11) is 0. The van der Waals surface area contributed by atoms with Gasteiger partial charge in [0, 0.05) is 5.39 Å². The van der Waals surface area contributed by atoms with Gasteiger partial charge in [-0.05, 0) is 40.6 Å². The van der Waals surface area contributed by atoms with Crippen LogP contribution >= 0.6 is 0 Å². The molecule has 5 nitrogen and oxygen atoms in total. The van der Waals surface area contributed by atoms with Gasteiger partial charge >= 0.3 is 5.91 Å². The SMILES string of the molecule is C#CCOc1cccc(C=NNC(=O)c2cc3c(ccc4ccccc43)o2)c1. The van der Waals surface area contributed by atoms with E-state index in [-0.39, 0.29) is 12.4 Å². The first kappa shape index (κ1) is 17.4. The largest absolute Gasteiger partial charge is 0.481 e. The van der Waals surface area contributed by atoms with Crippen LogP contribution in [-0.2, 0) is 0 Å². The number of hydrazone groups is 1. The fourth-order valence-corrected chi connectivity index (χ4v) is 2.93. The molecule has 0 saturated carbocycles. The number of terminal acetylenes is 1. The van der Waals surface area contributed by atoms with Crippen LogP contribution < -0.4 is 10.2 Å². The smallest absolute Gasteiger partial charge is 0.307 e. The highest BCUT2D eigenvalue weighted by Gasteiger charge is 2.13. The van der Waals surface area contributed by atoms with E-state index in [1.54, 1.807) is 18.2 Å². The van der Waals surface area contributed by atoms with E-state index in [9.17, 15) is 4.79 Å². The quantitative estimate of drug-likeness (QED) is 0.323. The number of furan rings is 1. The molecule has 0 aliphatic carbocycles. The molecule has 5 heteroatoms. The first-order valence-electron chi connectivity index (χ1n) is 8.65. The van der Waals surface area contributed by atoms with Crippen molar-refractivity contribution in [3.8, 4) is 18.1 Å². The second-order valence-electron chi connectivity index (χ2n) is 6.07. The monoisotopic (exact) mass is 368 g/mol. The van der Waals surface area contributed by atoms with Crippen LogP contribution in [-0.4, -0.2) is 18.7 Å². The van der Waals surface area contributed by atoms with Gasteiger partial charge in [-0.25, -0.2) is 5.43 Å². The van der Waals surface area contributed by atoms with E-state index < -0.39 is 5.91 Å². The van der Waals surface area contributed by atoms with Gasteiger partial charge in [-0.3, -0.25) is 4.79 Å². The molecule has 0 aliphatic rings. The number of carbonyl (C=O) groups excluding carboxylic acids is 1. The second-order valence-corrected chi connectivity index (χ2v) is 6.07. The normalized spacial score (nSPS) is 11.0. The number of fused-ring (bicyclic) bond motifs is 3. The number of ether oxygens (including phenoxy) is 1. The molecule has 0 fully saturated rings. The first-order chi connectivity index (χ1) is 13.7. The maximum absolute atomic E-state index is 12.4. The number of nitrogens with one attached hydrogen (secondary N) is 1. The van der Waals surface area contributed by atoms with Gasteiger partial charge in [0.15, 0.2) is 5.76 Å². The van der Waals surface area contributed by atoms with Crippen molar-refractivity contribution in [3.63, 3.8) is 0 Å². The number of benzene rings is 3. The molecule has 1 aromatic heterocycles. The number of hydrogen-bond acceptors (Lipinski definition) is 4. The predicted molar refractivity (Wildman–Crippen MR) is 110 cm³/mol. The lowest BCUT2D eigenvalue weighted by Gasteiger charge is -2.02. The van der Waals surface area contributed by atoms with Crippen molar-refractivity contribution in [2.45, 2.75) is 0 Å². The van der Waals surface area contributed by atoms with Crippen LogP contribution in [0.15, 0.2) is 76.2 Å². The minimum absolute atomic E-state index is 0.193. The molecule has 4 aromatic rings. The van der Waals surface area contributed by atoms with E-state index >= 15 is 0 Å². The Labute approximate surface area is 161 Å². The molecule has 0 unspecified atom stereocenters. The van der Waals surface area contributed by atoms with Gasteiger partial charge in [-0.15, -0.1) is 6.42 Å². The lowest BCUT2D eigenvalue weighted by Crippen LogP contribution is -2.16. The zero-order chi connectivity index (χ0) is 19.3. The molecule has 0 spiro atoms. The molecule has 0 atom stereocenters. The lowest BCUT2D eigenvalue weighted by molar-refractivity contribution is 0.0929. The summed E-state index contributed by atoms with van der Waals surface area (Å²) in [5.41, 5.74) is 3.91. The maximum atomic E-state index is 12.4. The van der Waals surface area contributed by atoms with Gasteiger partial charge in [0.05, 0.1) is 6.21 Å². The van der Waals surface area contributed by atoms with Crippen molar-refractivity contribution in [1.29, 1.82) is 0 Å². The molecule has 1 amide bonds. The van der Waals surface area contributed by atoms with Crippen LogP contribution in [0, 0.1) is 12.3 Å². The van der Waals surface area contributed by atoms with E-state index in [4.69, 9.17) is 15.6 Å². The average molecular weight is 368 g/mol. The molecule has 4 rings (SSSR count). The summed E-state index contributed by atoms with van der Waals surface area (Å²) in [6.45, 7) is 0.193. The number of nitrogens with zero attached hydrogens (tertiary/aromatic N) is 1. The highest BCUT2D eigenvalue weighted by atomic mass is 16.5. The number of carbonyl (C=O) groups is 1. The topological polar surface area (TPSA) is 63.8 Å². The standard InChI is InChI=1S/C23H16N2O3/c1-2-12-27-18-8-5-6-16(13-18)15-24-25-23(26)22-14-20-19-9-4-3-7-17(19)10-11-21(20)28-22/h1,3-11,13-15H,12H2,(H,25,26). The van der Waals surface area contributed by atoms with Crippen molar-refractivity contribution in [2.75, 3.05) is 6.61 Å². The number of rotatable bonds is 5. The zero-order valence-electron chi connectivity index (χ0n) is 14.9. The minimum Gasteiger partial charge on any atom is -0.481 e. The van der Waals surface area contributed by atoms with E-state index in [0.29, 0.717) is 11.3 Å². The van der Waals surface area contributed by atoms with Crippen LogP contribution in [0.1, 0.15) is 16.1 Å². The molecule has 0 saturated heterocycles. The maximum Gasteiger partial charge on any atom is 0.307 e. The third-order valence-electron chi connectivity index (χ3n) is 4.21. The number of hydrogen-bond donors (Lipinski definition) is 1. The fourth-order valence-electron chi connectivity index (χ4n) is 2.93. The van der Waals surface area contributed by atoms with Crippen molar-refractivity contribution in [2.24, 2.45) is 5.10 Å². The summed E-state index contributed by atoms with van der Waals surface area (Å²) in [6.07, 6.45) is 6.71. The Balaban J connectivity index is 1.50. The summed E-state index contributed by atoms with van der Waals surface area (Å²) >= 11 is 0. The second kappa shape index (κ2) is 7.68. The Morgan fingerprint density at radius 2 is 2.00 bits per heavy atom. The predicted octanol–water partition coefficient (Wildman–Crippen LogP) is 4.36. The van der Waals surface area contributed by atoms with Gasteiger partial charge < -0.3 is 9.15 Å². The molecular formula is C23H16N2O3. The highest BCUT2D eigenvalue weighted by molar-refractivity contribution is 6.08. The molecule has 1 heterocycles. The van der Waals surface area contributed by atoms with Crippen LogP contribution in [0.25, 0.3) is 21.7 Å². The van der Waals surface area contributed by atoms with E-state index in [1.165, 1.54) is 6.21 Å². The molecule has 136 valence electrons. The summed E-state index contributed by atoms with van der Waals surface area (Å²) in [5, 5.41) is 7.01. The van der Waals surface area contributed by atoms with Crippen molar-refractivity contribution >= 4 is 33.9 Å². The van der Waals surface area contributed by atoms with Crippen molar-refractivity contribution in [3.05, 3.63) is 78.1 Å². The van der Waals surface area contributed by atoms with E-state index in [1.807, 2.05) is 48.5 Å². The average Bonchev–Trinajstić information content (AvgIpc) is 3.17. The van der Waals surface area contributed by atoms with Gasteiger partial charge in [0.25, 0.3) is 0 Å². The molecule has 0 aliphatic heterocycles. The van der Waals surface area contributed by atoms with Crippen molar-refractivity contribution in [1.82, 2.24) is 5.43 Å². The molecule has 28 heavy (non-hydrogen) atoms. The Morgan fingerprint density at radius 1 is 1.11 bits per heavy atom. The molecule has 0 bridgehead atoms. The van der Waals surface area contributed by atoms with Crippen LogP contribution in [0.5, 0.6) is 5.75 Å². The minimum atomic E-state index is -0.420. The Hall–Kier alpha value is -4.04. The van der Waals surface area contributed by atoms with Gasteiger partial charge in [-0.2, -0.15) is 5.10 Å². The molecular weight excluding hydrogens is 352 g/mol. The summed E-state index contributed by atoms with van der Waals surface area (Å²) in [5.74, 6) is 2.83. The van der Waals surface area contributed by atoms with Crippen LogP contribution in [0.3, 0.4) is 0 Å². The number of amides is 1. The Morgan fingerprint density at radius 3 is 2.89 bits per heavy atom. The Bertz CT molecular complexity index is 1230. The fraction of sp³-hybridized carbons (Fsp3) is 0.0435. The third kappa shape index (κ3) is 3.57. The molecule has 0 radical (unpaired) electrons. The lowest BCUT2D eigenvalue weighted by atomic mass is 10.1. The van der Waals surface area contributed by atoms with E-state index in [0.717, 1.165) is 21.7 Å². The summed E-state index contributed by atoms with van der Waals surface area (Å²) in [6, 6.07) is 20.8. The van der Waals surface area contributed by atoms with Crippen molar-refractivity contribution < 1.29 is 13.9 Å². The summed E-state index contributed by atoms with van der Waals surface area (Å²) in [4.78, 5) is 12.4. The molecule has 1 N–H and O–H groups in total. The first-order valence-corrected chi connectivity index (χ1v) is 8.65. The third-order valence-corrected chi connectivity index (χ3v) is 4.21. The van der Waals surface area contributed by atoms with Gasteiger partial charge in [-0.1, -0.05) is 48.4 Å². The summed E-state index contributed by atoms with van der Waals surface area (Å²) < 4.78 is 11.0.